The van der Waals surface area contributed by atoms with Gasteiger partial charge in [0.15, 0.2) is 0 Å². The van der Waals surface area contributed by atoms with Crippen LogP contribution in [0, 0.1) is 11.3 Å². The van der Waals surface area contributed by atoms with E-state index in [2.05, 4.69) is 54.2 Å². The van der Waals surface area contributed by atoms with E-state index in [-0.39, 0.29) is 6.42 Å². The van der Waals surface area contributed by atoms with Gasteiger partial charge in [-0.05, 0) is 24.0 Å². The van der Waals surface area contributed by atoms with Gasteiger partial charge in [0.05, 0.1) is 18.2 Å². The summed E-state index contributed by atoms with van der Waals surface area (Å²) in [5.41, 5.74) is 3.28. The quantitative estimate of drug-likeness (QED) is 0.832. The molecule has 1 atom stereocenters. The van der Waals surface area contributed by atoms with Crippen LogP contribution in [0.15, 0.2) is 36.5 Å². The molecular formula is C16H17N3. The van der Waals surface area contributed by atoms with Gasteiger partial charge in [0.25, 0.3) is 0 Å². The maximum absolute atomic E-state index is 8.68. The topological polar surface area (TPSA) is 49.6 Å². The minimum atomic E-state index is 0.249. The Morgan fingerprint density at radius 2 is 1.95 bits per heavy atom. The van der Waals surface area contributed by atoms with Crippen molar-refractivity contribution in [3.05, 3.63) is 47.9 Å². The Morgan fingerprint density at radius 1 is 1.21 bits per heavy atom. The van der Waals surface area contributed by atoms with E-state index < -0.39 is 0 Å². The average molecular weight is 251 g/mol. The molecule has 1 aromatic carbocycles. The normalized spacial score (nSPS) is 11.8. The van der Waals surface area contributed by atoms with Crippen molar-refractivity contribution >= 4 is 0 Å². The summed E-state index contributed by atoms with van der Waals surface area (Å²) in [6.07, 6.45) is 3.09. The minimum absolute atomic E-state index is 0.249. The van der Waals surface area contributed by atoms with Crippen molar-refractivity contribution in [1.82, 2.24) is 9.97 Å². The number of nitrogens with zero attached hydrogens (tertiary/aromatic N) is 3. The molecule has 96 valence electrons. The zero-order valence-corrected chi connectivity index (χ0v) is 11.3. The molecule has 0 aliphatic heterocycles. The molecule has 3 heteroatoms. The Hall–Kier alpha value is -2.21. The summed E-state index contributed by atoms with van der Waals surface area (Å²) in [6, 6.07) is 12.4. The molecule has 2 aromatic rings. The smallest absolute Gasteiger partial charge is 0.142 e. The second-order valence-corrected chi connectivity index (χ2v) is 4.62. The summed E-state index contributed by atoms with van der Waals surface area (Å²) in [5, 5.41) is 8.68. The third kappa shape index (κ3) is 3.17. The van der Waals surface area contributed by atoms with E-state index >= 15 is 0 Å². The molecule has 0 bridgehead atoms. The Morgan fingerprint density at radius 3 is 2.58 bits per heavy atom. The number of hydrogen-bond acceptors (Lipinski definition) is 3. The van der Waals surface area contributed by atoms with Crippen LogP contribution in [0.5, 0.6) is 0 Å². The summed E-state index contributed by atoms with van der Waals surface area (Å²) in [6.45, 7) is 4.42. The molecule has 2 rings (SSSR count). The maximum atomic E-state index is 8.68. The number of aromatic nitrogens is 2. The predicted molar refractivity (Wildman–Crippen MR) is 75.5 cm³/mol. The van der Waals surface area contributed by atoms with Gasteiger partial charge in [-0.15, -0.1) is 0 Å². The highest BCUT2D eigenvalue weighted by molar-refractivity contribution is 5.59. The van der Waals surface area contributed by atoms with Gasteiger partial charge in [-0.1, -0.05) is 38.1 Å². The summed E-state index contributed by atoms with van der Waals surface area (Å²) in [5.74, 6) is 1.15. The molecule has 0 aliphatic rings. The monoisotopic (exact) mass is 251 g/mol. The molecule has 0 spiro atoms. The van der Waals surface area contributed by atoms with E-state index in [0.29, 0.717) is 11.7 Å². The number of nitriles is 1. The first-order valence-corrected chi connectivity index (χ1v) is 6.53. The highest BCUT2D eigenvalue weighted by atomic mass is 14.9. The van der Waals surface area contributed by atoms with Gasteiger partial charge in [0.2, 0.25) is 0 Å². The zero-order chi connectivity index (χ0) is 13.7. The van der Waals surface area contributed by atoms with Crippen LogP contribution in [0.1, 0.15) is 37.6 Å². The summed E-state index contributed by atoms with van der Waals surface area (Å²) in [4.78, 5) is 8.47. The first-order valence-electron chi connectivity index (χ1n) is 6.53. The van der Waals surface area contributed by atoms with Crippen molar-refractivity contribution in [2.75, 3.05) is 0 Å². The second-order valence-electron chi connectivity index (χ2n) is 4.62. The summed E-state index contributed by atoms with van der Waals surface area (Å²) < 4.78 is 0. The van der Waals surface area contributed by atoms with Gasteiger partial charge < -0.3 is 0 Å². The standard InChI is InChI=1S/C16H17N3/c1-3-12(2)13-4-6-14(7-5-13)15-9-11-18-16(19-15)8-10-17/h4-7,9,11-12H,3,8H2,1-2H3. The molecule has 1 heterocycles. The van der Waals surface area contributed by atoms with Crippen LogP contribution in [-0.2, 0) is 6.42 Å². The summed E-state index contributed by atoms with van der Waals surface area (Å²) >= 11 is 0. The fraction of sp³-hybridized carbons (Fsp3) is 0.312. The zero-order valence-electron chi connectivity index (χ0n) is 11.3. The van der Waals surface area contributed by atoms with Crippen molar-refractivity contribution in [3.63, 3.8) is 0 Å². The highest BCUT2D eigenvalue weighted by Crippen LogP contribution is 2.22. The Balaban J connectivity index is 2.27. The maximum Gasteiger partial charge on any atom is 0.142 e. The molecule has 0 aliphatic carbocycles. The lowest BCUT2D eigenvalue weighted by Crippen LogP contribution is -1.95. The molecule has 0 saturated carbocycles. The third-order valence-electron chi connectivity index (χ3n) is 3.33. The molecule has 3 nitrogen and oxygen atoms in total. The second kappa shape index (κ2) is 6.10. The van der Waals surface area contributed by atoms with Gasteiger partial charge in [-0.3, -0.25) is 0 Å². The molecule has 0 fully saturated rings. The van der Waals surface area contributed by atoms with E-state index in [1.165, 1.54) is 5.56 Å². The highest BCUT2D eigenvalue weighted by Gasteiger charge is 2.05. The van der Waals surface area contributed by atoms with E-state index in [1.54, 1.807) is 6.20 Å². The Labute approximate surface area is 114 Å². The first-order chi connectivity index (χ1) is 9.24. The fourth-order valence-electron chi connectivity index (χ4n) is 1.93. The molecular weight excluding hydrogens is 234 g/mol. The van der Waals surface area contributed by atoms with Crippen molar-refractivity contribution in [2.24, 2.45) is 0 Å². The van der Waals surface area contributed by atoms with Crippen LogP contribution >= 0.6 is 0 Å². The van der Waals surface area contributed by atoms with Gasteiger partial charge in [-0.2, -0.15) is 5.26 Å². The van der Waals surface area contributed by atoms with Crippen molar-refractivity contribution in [3.8, 4) is 17.3 Å². The van der Waals surface area contributed by atoms with Crippen LogP contribution in [0.25, 0.3) is 11.3 Å². The molecule has 1 unspecified atom stereocenters. The van der Waals surface area contributed by atoms with Gasteiger partial charge in [0, 0.05) is 11.8 Å². The number of benzene rings is 1. The van der Waals surface area contributed by atoms with Gasteiger partial charge in [-0.25, -0.2) is 9.97 Å². The first kappa shape index (κ1) is 13.2. The van der Waals surface area contributed by atoms with Crippen LogP contribution in [0.3, 0.4) is 0 Å². The lowest BCUT2D eigenvalue weighted by atomic mass is 9.97. The lowest BCUT2D eigenvalue weighted by molar-refractivity contribution is 0.734. The third-order valence-corrected chi connectivity index (χ3v) is 3.33. The molecule has 0 saturated heterocycles. The van der Waals surface area contributed by atoms with Crippen molar-refractivity contribution in [1.29, 1.82) is 5.26 Å². The van der Waals surface area contributed by atoms with E-state index in [4.69, 9.17) is 5.26 Å². The van der Waals surface area contributed by atoms with E-state index in [1.807, 2.05) is 6.07 Å². The predicted octanol–water partition coefficient (Wildman–Crippen LogP) is 3.72. The Bertz CT molecular complexity index is 582. The van der Waals surface area contributed by atoms with E-state index in [9.17, 15) is 0 Å². The van der Waals surface area contributed by atoms with E-state index in [0.717, 1.165) is 17.7 Å². The van der Waals surface area contributed by atoms with Crippen LogP contribution in [0.2, 0.25) is 0 Å². The van der Waals surface area contributed by atoms with Gasteiger partial charge in [0.1, 0.15) is 5.82 Å². The lowest BCUT2D eigenvalue weighted by Gasteiger charge is -2.09. The number of hydrogen-bond donors (Lipinski definition) is 0. The summed E-state index contributed by atoms with van der Waals surface area (Å²) in [7, 11) is 0. The number of rotatable bonds is 4. The van der Waals surface area contributed by atoms with Crippen molar-refractivity contribution in [2.45, 2.75) is 32.6 Å². The van der Waals surface area contributed by atoms with Crippen LogP contribution < -0.4 is 0 Å². The van der Waals surface area contributed by atoms with Crippen molar-refractivity contribution < 1.29 is 0 Å². The minimum Gasteiger partial charge on any atom is -0.240 e. The van der Waals surface area contributed by atoms with Crippen LogP contribution in [0.4, 0.5) is 0 Å². The fourth-order valence-corrected chi connectivity index (χ4v) is 1.93. The molecule has 0 amide bonds. The van der Waals surface area contributed by atoms with Gasteiger partial charge >= 0.3 is 0 Å². The SMILES string of the molecule is CCC(C)c1ccc(-c2ccnc(CC#N)n2)cc1. The molecule has 1 aromatic heterocycles. The largest absolute Gasteiger partial charge is 0.240 e. The molecule has 0 N–H and O–H groups in total. The molecule has 19 heavy (non-hydrogen) atoms. The Kier molecular flexibility index (Phi) is 4.25. The molecule has 0 radical (unpaired) electrons. The van der Waals surface area contributed by atoms with Crippen LogP contribution in [-0.4, -0.2) is 9.97 Å². The average Bonchev–Trinajstić information content (AvgIpc) is 2.47.